The van der Waals surface area contributed by atoms with E-state index in [2.05, 4.69) is 10.2 Å². The third-order valence-electron chi connectivity index (χ3n) is 8.33. The minimum atomic E-state index is -0.919. The number of nitrogens with zero attached hydrogens (tertiary/aromatic N) is 6. The van der Waals surface area contributed by atoms with Crippen molar-refractivity contribution in [2.24, 2.45) is 0 Å². The van der Waals surface area contributed by atoms with E-state index in [0.29, 0.717) is 45.1 Å². The van der Waals surface area contributed by atoms with Crippen LogP contribution in [0.4, 0.5) is 4.39 Å². The van der Waals surface area contributed by atoms with E-state index in [9.17, 15) is 18.8 Å². The summed E-state index contributed by atoms with van der Waals surface area (Å²) in [6.45, 7) is 2.20. The number of likely N-dealkylation sites (tertiary alicyclic amines) is 1. The number of ether oxygens (including phenoxy) is 2. The SMILES string of the molecule is COc1ccc(F)cc1[C@H](Cn1c(=O)n(C2CCN(C)C2=O)c(=O)c2c(C)c(-n3nccn3)sc21)OC1CCCCC1. The smallest absolute Gasteiger partial charge is 0.332 e. The zero-order chi connectivity index (χ0) is 29.5. The molecule has 222 valence electrons. The van der Waals surface area contributed by atoms with Gasteiger partial charge in [-0.05, 0) is 44.4 Å². The van der Waals surface area contributed by atoms with Crippen LogP contribution in [0.1, 0.15) is 61.8 Å². The van der Waals surface area contributed by atoms with Gasteiger partial charge in [-0.3, -0.25) is 14.2 Å². The van der Waals surface area contributed by atoms with E-state index < -0.39 is 29.2 Å². The van der Waals surface area contributed by atoms with Crippen molar-refractivity contribution >= 4 is 27.5 Å². The van der Waals surface area contributed by atoms with Crippen molar-refractivity contribution in [2.45, 2.75) is 70.2 Å². The van der Waals surface area contributed by atoms with Crippen molar-refractivity contribution in [3.8, 4) is 10.8 Å². The highest BCUT2D eigenvalue weighted by Crippen LogP contribution is 2.36. The number of thiophene rings is 1. The molecule has 1 aliphatic carbocycles. The van der Waals surface area contributed by atoms with Crippen LogP contribution in [-0.4, -0.2) is 61.7 Å². The van der Waals surface area contributed by atoms with Crippen LogP contribution < -0.4 is 16.0 Å². The van der Waals surface area contributed by atoms with Gasteiger partial charge in [0.05, 0.1) is 37.5 Å². The third-order valence-corrected chi connectivity index (χ3v) is 9.61. The minimum absolute atomic E-state index is 0.0192. The first-order chi connectivity index (χ1) is 20.3. The molecule has 0 spiro atoms. The summed E-state index contributed by atoms with van der Waals surface area (Å²) < 4.78 is 29.4. The van der Waals surface area contributed by atoms with Crippen LogP contribution in [0, 0.1) is 12.7 Å². The summed E-state index contributed by atoms with van der Waals surface area (Å²) in [5, 5.41) is 9.38. The van der Waals surface area contributed by atoms with Crippen LogP contribution in [-0.2, 0) is 16.1 Å². The molecule has 1 aliphatic heterocycles. The number of fused-ring (bicyclic) bond motifs is 1. The van der Waals surface area contributed by atoms with Crippen LogP contribution in [0.25, 0.3) is 15.2 Å². The fraction of sp³-hybridized carbons (Fsp3) is 0.483. The number of hydrogen-bond acceptors (Lipinski definition) is 8. The number of hydrogen-bond donors (Lipinski definition) is 0. The highest BCUT2D eigenvalue weighted by Gasteiger charge is 2.36. The summed E-state index contributed by atoms with van der Waals surface area (Å²) in [7, 11) is 3.17. The van der Waals surface area contributed by atoms with E-state index in [0.717, 1.165) is 36.7 Å². The van der Waals surface area contributed by atoms with Gasteiger partial charge in [-0.1, -0.05) is 30.6 Å². The largest absolute Gasteiger partial charge is 0.496 e. The van der Waals surface area contributed by atoms with Crippen molar-refractivity contribution in [2.75, 3.05) is 20.7 Å². The van der Waals surface area contributed by atoms with E-state index in [1.165, 1.54) is 57.2 Å². The molecule has 4 aromatic rings. The zero-order valence-electron chi connectivity index (χ0n) is 23.8. The molecule has 1 saturated heterocycles. The number of benzene rings is 1. The Bertz CT molecular complexity index is 1740. The number of aromatic nitrogens is 5. The number of likely N-dealkylation sites (N-methyl/N-ethyl adjacent to an activating group) is 1. The fourth-order valence-corrected chi connectivity index (χ4v) is 7.33. The topological polar surface area (TPSA) is 113 Å². The van der Waals surface area contributed by atoms with Crippen LogP contribution in [0.15, 0.2) is 40.2 Å². The predicted octanol–water partition coefficient (Wildman–Crippen LogP) is 3.76. The van der Waals surface area contributed by atoms with E-state index in [4.69, 9.17) is 9.47 Å². The molecule has 0 N–H and O–H groups in total. The van der Waals surface area contributed by atoms with E-state index >= 15 is 0 Å². The second-order valence-electron chi connectivity index (χ2n) is 10.9. The second kappa shape index (κ2) is 11.4. The highest BCUT2D eigenvalue weighted by molar-refractivity contribution is 7.21. The summed E-state index contributed by atoms with van der Waals surface area (Å²) >= 11 is 1.22. The molecule has 0 radical (unpaired) electrons. The Balaban J connectivity index is 1.57. The molecule has 42 heavy (non-hydrogen) atoms. The maximum absolute atomic E-state index is 14.6. The van der Waals surface area contributed by atoms with Gasteiger partial charge in [0.15, 0.2) is 0 Å². The van der Waals surface area contributed by atoms with Gasteiger partial charge in [0.1, 0.15) is 33.5 Å². The molecule has 3 aromatic heterocycles. The lowest BCUT2D eigenvalue weighted by atomic mass is 9.97. The Kier molecular flexibility index (Phi) is 7.71. The molecule has 1 unspecified atom stereocenters. The maximum Gasteiger partial charge on any atom is 0.332 e. The molecule has 2 atom stereocenters. The quantitative estimate of drug-likeness (QED) is 0.304. The number of rotatable bonds is 8. The molecule has 6 rings (SSSR count). The lowest BCUT2D eigenvalue weighted by Gasteiger charge is -2.29. The van der Waals surface area contributed by atoms with Crippen molar-refractivity contribution in [3.05, 3.63) is 68.4 Å². The minimum Gasteiger partial charge on any atom is -0.496 e. The summed E-state index contributed by atoms with van der Waals surface area (Å²) in [6, 6.07) is 3.32. The van der Waals surface area contributed by atoms with Gasteiger partial charge in [-0.2, -0.15) is 10.2 Å². The number of carbonyl (C=O) groups excluding carboxylic acids is 1. The molecule has 13 heteroatoms. The lowest BCUT2D eigenvalue weighted by Crippen LogP contribution is -2.45. The molecule has 0 bridgehead atoms. The molecule has 2 fully saturated rings. The number of halogens is 1. The summed E-state index contributed by atoms with van der Waals surface area (Å²) in [4.78, 5) is 44.7. The number of amides is 1. The number of aryl methyl sites for hydroxylation is 1. The molecule has 11 nitrogen and oxygen atoms in total. The summed E-state index contributed by atoms with van der Waals surface area (Å²) in [5.41, 5.74) is -0.0690. The molecule has 1 amide bonds. The average Bonchev–Trinajstić information content (AvgIpc) is 3.72. The molecule has 4 heterocycles. The number of methoxy groups -OCH3 is 1. The van der Waals surface area contributed by atoms with Crippen molar-refractivity contribution < 1.29 is 18.7 Å². The first kappa shape index (κ1) is 28.3. The number of carbonyl (C=O) groups is 1. The first-order valence-corrected chi connectivity index (χ1v) is 15.0. The monoisotopic (exact) mass is 596 g/mol. The Morgan fingerprint density at radius 2 is 1.83 bits per heavy atom. The normalized spacial score (nSPS) is 18.7. The molecular weight excluding hydrogens is 563 g/mol. The first-order valence-electron chi connectivity index (χ1n) is 14.2. The van der Waals surface area contributed by atoms with Gasteiger partial charge >= 0.3 is 5.69 Å². The maximum atomic E-state index is 14.6. The highest BCUT2D eigenvalue weighted by atomic mass is 32.1. The molecule has 1 aromatic carbocycles. The Morgan fingerprint density at radius 1 is 1.10 bits per heavy atom. The lowest BCUT2D eigenvalue weighted by molar-refractivity contribution is -0.129. The molecular formula is C29H33FN6O5S. The van der Waals surface area contributed by atoms with E-state index in [1.807, 2.05) is 0 Å². The summed E-state index contributed by atoms with van der Waals surface area (Å²) in [6.07, 6.45) is 7.45. The van der Waals surface area contributed by atoms with Crippen molar-refractivity contribution in [1.29, 1.82) is 0 Å². The Labute approximate surface area is 245 Å². The van der Waals surface area contributed by atoms with E-state index in [-0.39, 0.29) is 18.6 Å². The standard InChI is InChI=1S/C29H33FN6O5S/c1-17-24-26(38)35(21-11-14-33(2)25(21)37)29(39)34(28(24)42-27(17)36-31-12-13-32-36)16-23(41-19-7-5-4-6-8-19)20-15-18(30)9-10-22(20)40-3/h9-10,12-13,15,19,21,23H,4-8,11,14,16H2,1-3H3/t21?,23-/m0/s1. The average molecular weight is 597 g/mol. The van der Waals surface area contributed by atoms with Gasteiger partial charge in [0.25, 0.3) is 5.56 Å². The van der Waals surface area contributed by atoms with Crippen molar-refractivity contribution in [1.82, 2.24) is 29.0 Å². The second-order valence-corrected chi connectivity index (χ2v) is 11.9. The van der Waals surface area contributed by atoms with Crippen molar-refractivity contribution in [3.63, 3.8) is 0 Å². The Morgan fingerprint density at radius 3 is 2.50 bits per heavy atom. The Hall–Kier alpha value is -3.84. The third kappa shape index (κ3) is 4.94. The fourth-order valence-electron chi connectivity index (χ4n) is 6.11. The van der Waals surface area contributed by atoms with Crippen LogP contribution in [0.5, 0.6) is 5.75 Å². The van der Waals surface area contributed by atoms with Gasteiger partial charge in [-0.15, -0.1) is 4.80 Å². The van der Waals surface area contributed by atoms with Crippen LogP contribution in [0.2, 0.25) is 0 Å². The van der Waals surface area contributed by atoms with Gasteiger partial charge in [0.2, 0.25) is 5.91 Å². The van der Waals surface area contributed by atoms with E-state index in [1.54, 1.807) is 20.0 Å². The summed E-state index contributed by atoms with van der Waals surface area (Å²) in [5.74, 6) is -0.306. The molecule has 2 aliphatic rings. The predicted molar refractivity (Wildman–Crippen MR) is 155 cm³/mol. The van der Waals surface area contributed by atoms with Crippen LogP contribution in [0.3, 0.4) is 0 Å². The van der Waals surface area contributed by atoms with Gasteiger partial charge < -0.3 is 14.4 Å². The van der Waals surface area contributed by atoms with Gasteiger partial charge in [-0.25, -0.2) is 13.8 Å². The van der Waals surface area contributed by atoms with Crippen LogP contribution >= 0.6 is 11.3 Å². The van der Waals surface area contributed by atoms with Gasteiger partial charge in [0, 0.05) is 24.7 Å². The zero-order valence-corrected chi connectivity index (χ0v) is 24.6. The molecule has 1 saturated carbocycles.